The van der Waals surface area contributed by atoms with Crippen LogP contribution in [0.3, 0.4) is 0 Å². The number of rotatable bonds is 0. The van der Waals surface area contributed by atoms with E-state index in [4.69, 9.17) is 11.6 Å². The highest BCUT2D eigenvalue weighted by Gasteiger charge is 2.00. The minimum Gasteiger partial charge on any atom is -0.294 e. The highest BCUT2D eigenvalue weighted by atomic mass is 35.5. The summed E-state index contributed by atoms with van der Waals surface area (Å²) in [5.74, 6) is 0.0185. The Balaban J connectivity index is 2.77. The average molecular weight is 130 g/mol. The van der Waals surface area contributed by atoms with Crippen LogP contribution in [0.2, 0.25) is 0 Å². The largest absolute Gasteiger partial charge is 0.294 e. The molecule has 0 amide bonds. The monoisotopic (exact) mass is 129 g/mol. The number of nitrogens with zero attached hydrogens (tertiary/aromatic N) is 1. The van der Waals surface area contributed by atoms with Crippen molar-refractivity contribution in [2.24, 2.45) is 4.99 Å². The fourth-order valence-electron chi connectivity index (χ4n) is 0.452. The average Bonchev–Trinajstić information content (AvgIpc) is 1.64. The summed E-state index contributed by atoms with van der Waals surface area (Å²) in [5, 5.41) is 0.279. The summed E-state index contributed by atoms with van der Waals surface area (Å²) >= 11 is 5.35. The van der Waals surface area contributed by atoms with Crippen LogP contribution in [-0.4, -0.2) is 12.0 Å². The van der Waals surface area contributed by atoms with Crippen molar-refractivity contribution in [3.8, 4) is 0 Å². The van der Waals surface area contributed by atoms with Gasteiger partial charge in [-0.25, -0.2) is 4.99 Å². The van der Waals surface area contributed by atoms with Crippen molar-refractivity contribution in [2.75, 3.05) is 0 Å². The molecule has 3 heteroatoms. The van der Waals surface area contributed by atoms with Gasteiger partial charge in [0.25, 0.3) is 0 Å². The van der Waals surface area contributed by atoms with E-state index in [9.17, 15) is 4.79 Å². The van der Waals surface area contributed by atoms with Crippen LogP contribution in [0.15, 0.2) is 16.2 Å². The van der Waals surface area contributed by atoms with Crippen molar-refractivity contribution in [1.82, 2.24) is 0 Å². The number of hydrogen-bond donors (Lipinski definition) is 0. The van der Waals surface area contributed by atoms with Gasteiger partial charge < -0.3 is 0 Å². The Labute approximate surface area is 51.9 Å². The van der Waals surface area contributed by atoms with Crippen molar-refractivity contribution >= 4 is 23.6 Å². The second-order valence-corrected chi connectivity index (χ2v) is 1.84. The van der Waals surface area contributed by atoms with Gasteiger partial charge in [0, 0.05) is 18.7 Å². The first-order chi connectivity index (χ1) is 3.79. The van der Waals surface area contributed by atoms with E-state index in [2.05, 4.69) is 4.99 Å². The molecule has 0 fully saturated rings. The second kappa shape index (κ2) is 2.09. The van der Waals surface area contributed by atoms with Gasteiger partial charge in [0.1, 0.15) is 5.16 Å². The first kappa shape index (κ1) is 5.51. The van der Waals surface area contributed by atoms with Gasteiger partial charge >= 0.3 is 0 Å². The van der Waals surface area contributed by atoms with Gasteiger partial charge in [0.05, 0.1) is 0 Å². The summed E-state index contributed by atoms with van der Waals surface area (Å²) in [6, 6.07) is 0. The van der Waals surface area contributed by atoms with E-state index in [1.165, 1.54) is 12.3 Å². The van der Waals surface area contributed by atoms with Gasteiger partial charge in [0.2, 0.25) is 0 Å². The molecule has 1 aliphatic rings. The quantitative estimate of drug-likeness (QED) is 0.451. The van der Waals surface area contributed by atoms with Crippen LogP contribution in [-0.2, 0) is 4.79 Å². The summed E-state index contributed by atoms with van der Waals surface area (Å²) in [6.45, 7) is 0. The lowest BCUT2D eigenvalue weighted by atomic mass is 10.3. The standard InChI is InChI=1S/C5H4ClNO/c6-5-3-4(8)1-2-7-5/h2-3H,1H2. The first-order valence-corrected chi connectivity index (χ1v) is 2.59. The van der Waals surface area contributed by atoms with Crippen LogP contribution in [0.5, 0.6) is 0 Å². The Morgan fingerprint density at radius 3 is 2.88 bits per heavy atom. The number of allylic oxidation sites excluding steroid dienone is 1. The zero-order chi connectivity index (χ0) is 5.98. The summed E-state index contributed by atoms with van der Waals surface area (Å²) in [6.07, 6.45) is 3.21. The molecule has 0 saturated heterocycles. The van der Waals surface area contributed by atoms with E-state index in [1.54, 1.807) is 0 Å². The number of carbonyl (C=O) groups excluding carboxylic acids is 1. The van der Waals surface area contributed by atoms with Crippen molar-refractivity contribution in [3.05, 3.63) is 11.2 Å². The summed E-state index contributed by atoms with van der Waals surface area (Å²) < 4.78 is 0. The lowest BCUT2D eigenvalue weighted by molar-refractivity contribution is -0.113. The van der Waals surface area contributed by atoms with Crippen molar-refractivity contribution < 1.29 is 4.79 Å². The van der Waals surface area contributed by atoms with E-state index in [0.29, 0.717) is 6.42 Å². The van der Waals surface area contributed by atoms with Crippen LogP contribution in [0, 0.1) is 0 Å². The molecule has 2 nitrogen and oxygen atoms in total. The summed E-state index contributed by atoms with van der Waals surface area (Å²) in [7, 11) is 0. The molecule has 1 aliphatic heterocycles. The third-order valence-electron chi connectivity index (χ3n) is 0.787. The maximum atomic E-state index is 10.4. The topological polar surface area (TPSA) is 29.4 Å². The highest BCUT2D eigenvalue weighted by molar-refractivity contribution is 6.32. The molecule has 0 radical (unpaired) electrons. The maximum absolute atomic E-state index is 10.4. The third-order valence-corrected chi connectivity index (χ3v) is 0.994. The van der Waals surface area contributed by atoms with Gasteiger partial charge in [0.15, 0.2) is 5.78 Å². The van der Waals surface area contributed by atoms with Gasteiger partial charge in [-0.3, -0.25) is 4.79 Å². The maximum Gasteiger partial charge on any atom is 0.164 e. The predicted octanol–water partition coefficient (Wildman–Crippen LogP) is 1.11. The molecular formula is C5H4ClNO. The van der Waals surface area contributed by atoms with Crippen LogP contribution in [0.25, 0.3) is 0 Å². The molecule has 0 aromatic heterocycles. The Hall–Kier alpha value is -0.630. The molecule has 0 saturated carbocycles. The lowest BCUT2D eigenvalue weighted by Gasteiger charge is -1.93. The molecule has 1 heterocycles. The number of hydrogen-bond acceptors (Lipinski definition) is 2. The molecule has 1 rings (SSSR count). The summed E-state index contributed by atoms with van der Waals surface area (Å²) in [4.78, 5) is 14.1. The first-order valence-electron chi connectivity index (χ1n) is 2.21. The van der Waals surface area contributed by atoms with Crippen molar-refractivity contribution in [1.29, 1.82) is 0 Å². The minimum atomic E-state index is 0.0185. The molecule has 0 unspecified atom stereocenters. The van der Waals surface area contributed by atoms with Gasteiger partial charge in [-0.1, -0.05) is 11.6 Å². The van der Waals surface area contributed by atoms with Gasteiger partial charge in [-0.05, 0) is 0 Å². The molecule has 0 N–H and O–H groups in total. The molecule has 0 atom stereocenters. The lowest BCUT2D eigenvalue weighted by Crippen LogP contribution is -1.97. The Kier molecular flexibility index (Phi) is 1.44. The van der Waals surface area contributed by atoms with E-state index in [0.717, 1.165) is 0 Å². The second-order valence-electron chi connectivity index (χ2n) is 1.45. The molecule has 0 bridgehead atoms. The van der Waals surface area contributed by atoms with E-state index in [-0.39, 0.29) is 10.9 Å². The number of carbonyl (C=O) groups is 1. The molecule has 0 aliphatic carbocycles. The number of ketones is 1. The minimum absolute atomic E-state index is 0.0185. The van der Waals surface area contributed by atoms with E-state index < -0.39 is 0 Å². The zero-order valence-electron chi connectivity index (χ0n) is 4.10. The Morgan fingerprint density at radius 1 is 1.75 bits per heavy atom. The van der Waals surface area contributed by atoms with Crippen LogP contribution in [0.4, 0.5) is 0 Å². The van der Waals surface area contributed by atoms with Crippen molar-refractivity contribution in [2.45, 2.75) is 6.42 Å². The Morgan fingerprint density at radius 2 is 2.50 bits per heavy atom. The molecule has 0 aromatic carbocycles. The van der Waals surface area contributed by atoms with E-state index >= 15 is 0 Å². The summed E-state index contributed by atoms with van der Waals surface area (Å²) in [5.41, 5.74) is 0. The van der Waals surface area contributed by atoms with Crippen LogP contribution < -0.4 is 0 Å². The van der Waals surface area contributed by atoms with E-state index in [1.807, 2.05) is 0 Å². The predicted molar refractivity (Wildman–Crippen MR) is 32.1 cm³/mol. The molecule has 0 spiro atoms. The van der Waals surface area contributed by atoms with Crippen molar-refractivity contribution in [3.63, 3.8) is 0 Å². The SMILES string of the molecule is O=C1C=C(Cl)N=CC1. The normalized spacial score (nSPS) is 18.6. The smallest absolute Gasteiger partial charge is 0.164 e. The van der Waals surface area contributed by atoms with Gasteiger partial charge in [-0.2, -0.15) is 0 Å². The number of aliphatic imine (C=N–C) groups is 1. The molecule has 42 valence electrons. The van der Waals surface area contributed by atoms with Crippen LogP contribution in [0.1, 0.15) is 6.42 Å². The number of halogens is 1. The van der Waals surface area contributed by atoms with Gasteiger partial charge in [-0.15, -0.1) is 0 Å². The highest BCUT2D eigenvalue weighted by Crippen LogP contribution is 2.06. The molecular weight excluding hydrogens is 126 g/mol. The molecule has 8 heavy (non-hydrogen) atoms. The third kappa shape index (κ3) is 1.17. The zero-order valence-corrected chi connectivity index (χ0v) is 4.85. The van der Waals surface area contributed by atoms with Crippen LogP contribution >= 0.6 is 11.6 Å². The fraction of sp³-hybridized carbons (Fsp3) is 0.200. The Bertz CT molecular complexity index is 171. The fourth-order valence-corrected chi connectivity index (χ4v) is 0.643. The molecule has 0 aromatic rings.